The SMILES string of the molecule is CCc1cccc(C)c1NC(=O)CSc1nnc(C(CC)N(C)C)n1Cc1ccccc1. The van der Waals surface area contributed by atoms with Gasteiger partial charge < -0.3 is 9.88 Å². The van der Waals surface area contributed by atoms with Crippen molar-refractivity contribution in [3.63, 3.8) is 0 Å². The molecule has 0 saturated carbocycles. The summed E-state index contributed by atoms with van der Waals surface area (Å²) in [5.41, 5.74) is 4.33. The van der Waals surface area contributed by atoms with Gasteiger partial charge in [-0.3, -0.25) is 9.69 Å². The van der Waals surface area contributed by atoms with E-state index in [1.807, 2.05) is 37.3 Å². The number of rotatable bonds is 10. The van der Waals surface area contributed by atoms with Crippen LogP contribution >= 0.6 is 11.8 Å². The highest BCUT2D eigenvalue weighted by Crippen LogP contribution is 2.27. The molecule has 7 heteroatoms. The number of thioether (sulfide) groups is 1. The van der Waals surface area contributed by atoms with Gasteiger partial charge >= 0.3 is 0 Å². The number of anilines is 1. The van der Waals surface area contributed by atoms with Crippen LogP contribution in [0.25, 0.3) is 0 Å². The van der Waals surface area contributed by atoms with Crippen molar-refractivity contribution in [3.8, 4) is 0 Å². The second kappa shape index (κ2) is 11.3. The molecule has 32 heavy (non-hydrogen) atoms. The van der Waals surface area contributed by atoms with Gasteiger partial charge in [-0.2, -0.15) is 0 Å². The van der Waals surface area contributed by atoms with Crippen molar-refractivity contribution in [2.45, 2.75) is 51.4 Å². The highest BCUT2D eigenvalue weighted by molar-refractivity contribution is 7.99. The summed E-state index contributed by atoms with van der Waals surface area (Å²) in [6, 6.07) is 16.6. The molecule has 0 spiro atoms. The van der Waals surface area contributed by atoms with Crippen LogP contribution in [0.4, 0.5) is 5.69 Å². The van der Waals surface area contributed by atoms with Gasteiger partial charge in [0.1, 0.15) is 0 Å². The van der Waals surface area contributed by atoms with Crippen LogP contribution in [0.3, 0.4) is 0 Å². The van der Waals surface area contributed by atoms with Crippen molar-refractivity contribution in [3.05, 3.63) is 71.0 Å². The molecule has 1 amide bonds. The van der Waals surface area contributed by atoms with Crippen molar-refractivity contribution in [1.29, 1.82) is 0 Å². The van der Waals surface area contributed by atoms with Gasteiger partial charge in [0.15, 0.2) is 11.0 Å². The lowest BCUT2D eigenvalue weighted by Crippen LogP contribution is -2.23. The molecule has 170 valence electrons. The largest absolute Gasteiger partial charge is 0.325 e. The highest BCUT2D eigenvalue weighted by Gasteiger charge is 2.23. The van der Waals surface area contributed by atoms with E-state index in [1.54, 1.807) is 0 Å². The fourth-order valence-corrected chi connectivity index (χ4v) is 4.60. The van der Waals surface area contributed by atoms with E-state index in [4.69, 9.17) is 0 Å². The number of carbonyl (C=O) groups excluding carboxylic acids is 1. The summed E-state index contributed by atoms with van der Waals surface area (Å²) in [7, 11) is 4.12. The van der Waals surface area contributed by atoms with Crippen LogP contribution in [0, 0.1) is 6.92 Å². The first-order chi connectivity index (χ1) is 15.4. The summed E-state index contributed by atoms with van der Waals surface area (Å²) in [5.74, 6) is 1.18. The fraction of sp³-hybridized carbons (Fsp3) is 0.400. The molecule has 0 aliphatic carbocycles. The van der Waals surface area contributed by atoms with Crippen molar-refractivity contribution >= 4 is 23.4 Å². The maximum absolute atomic E-state index is 12.8. The van der Waals surface area contributed by atoms with Gasteiger partial charge in [0.2, 0.25) is 5.91 Å². The predicted octanol–water partition coefficient (Wildman–Crippen LogP) is 4.94. The number of aryl methyl sites for hydroxylation is 2. The fourth-order valence-electron chi connectivity index (χ4n) is 3.85. The molecule has 1 atom stereocenters. The van der Waals surface area contributed by atoms with E-state index in [1.165, 1.54) is 17.3 Å². The zero-order valence-electron chi connectivity index (χ0n) is 19.6. The lowest BCUT2D eigenvalue weighted by Gasteiger charge is -2.23. The normalized spacial score (nSPS) is 12.2. The minimum absolute atomic E-state index is 0.0329. The number of hydrogen-bond acceptors (Lipinski definition) is 5. The average molecular weight is 452 g/mol. The molecule has 1 aromatic heterocycles. The zero-order valence-corrected chi connectivity index (χ0v) is 20.4. The van der Waals surface area contributed by atoms with E-state index in [-0.39, 0.29) is 17.7 Å². The van der Waals surface area contributed by atoms with Gasteiger partial charge in [-0.05, 0) is 50.6 Å². The van der Waals surface area contributed by atoms with Gasteiger partial charge in [0.05, 0.1) is 18.3 Å². The number of aromatic nitrogens is 3. The maximum Gasteiger partial charge on any atom is 0.234 e. The number of carbonyl (C=O) groups is 1. The minimum Gasteiger partial charge on any atom is -0.325 e. The Bertz CT molecular complexity index is 1030. The third-order valence-electron chi connectivity index (χ3n) is 5.57. The molecule has 0 radical (unpaired) electrons. The van der Waals surface area contributed by atoms with Crippen molar-refractivity contribution in [2.24, 2.45) is 0 Å². The van der Waals surface area contributed by atoms with Crippen LogP contribution in [0.1, 0.15) is 48.8 Å². The molecule has 0 aliphatic rings. The van der Waals surface area contributed by atoms with Crippen LogP contribution in [-0.2, 0) is 17.8 Å². The molecule has 1 heterocycles. The molecule has 0 aliphatic heterocycles. The molecule has 2 aromatic carbocycles. The predicted molar refractivity (Wildman–Crippen MR) is 132 cm³/mol. The molecular formula is C25H33N5OS. The number of hydrogen-bond donors (Lipinski definition) is 1. The summed E-state index contributed by atoms with van der Waals surface area (Å²) in [5, 5.41) is 12.9. The van der Waals surface area contributed by atoms with Gasteiger partial charge in [-0.15, -0.1) is 10.2 Å². The zero-order chi connectivity index (χ0) is 23.1. The van der Waals surface area contributed by atoms with Crippen molar-refractivity contribution in [1.82, 2.24) is 19.7 Å². The van der Waals surface area contributed by atoms with E-state index >= 15 is 0 Å². The van der Waals surface area contributed by atoms with Gasteiger partial charge in [0.25, 0.3) is 0 Å². The Labute approximate surface area is 195 Å². The van der Waals surface area contributed by atoms with E-state index in [0.29, 0.717) is 6.54 Å². The molecule has 1 N–H and O–H groups in total. The van der Waals surface area contributed by atoms with Crippen LogP contribution in [0.2, 0.25) is 0 Å². The minimum atomic E-state index is -0.0329. The van der Waals surface area contributed by atoms with Crippen molar-refractivity contribution < 1.29 is 4.79 Å². The van der Waals surface area contributed by atoms with E-state index in [0.717, 1.165) is 40.6 Å². The summed E-state index contributed by atoms with van der Waals surface area (Å²) >= 11 is 1.43. The Hall–Kier alpha value is -2.64. The lowest BCUT2D eigenvalue weighted by molar-refractivity contribution is -0.113. The Morgan fingerprint density at radius 1 is 1.09 bits per heavy atom. The summed E-state index contributed by atoms with van der Waals surface area (Å²) in [6.07, 6.45) is 1.81. The molecule has 0 fully saturated rings. The molecule has 3 aromatic rings. The molecule has 1 unspecified atom stereocenters. The lowest BCUT2D eigenvalue weighted by atomic mass is 10.1. The first-order valence-electron chi connectivity index (χ1n) is 11.1. The van der Waals surface area contributed by atoms with E-state index < -0.39 is 0 Å². The second-order valence-electron chi connectivity index (χ2n) is 8.10. The number of nitrogens with zero attached hydrogens (tertiary/aromatic N) is 4. The number of para-hydroxylation sites is 1. The smallest absolute Gasteiger partial charge is 0.234 e. The van der Waals surface area contributed by atoms with Crippen LogP contribution < -0.4 is 5.32 Å². The van der Waals surface area contributed by atoms with Crippen LogP contribution in [0.15, 0.2) is 53.7 Å². The Balaban J connectivity index is 1.80. The van der Waals surface area contributed by atoms with Gasteiger partial charge in [-0.25, -0.2) is 0 Å². The molecule has 3 rings (SSSR count). The third kappa shape index (κ3) is 5.78. The van der Waals surface area contributed by atoms with E-state index in [2.05, 4.69) is 71.1 Å². The molecule has 6 nitrogen and oxygen atoms in total. The Morgan fingerprint density at radius 2 is 1.84 bits per heavy atom. The third-order valence-corrected chi connectivity index (χ3v) is 6.54. The summed E-state index contributed by atoms with van der Waals surface area (Å²) < 4.78 is 2.15. The molecular weight excluding hydrogens is 418 g/mol. The van der Waals surface area contributed by atoms with Gasteiger partial charge in [-0.1, -0.05) is 74.1 Å². The average Bonchev–Trinajstić information content (AvgIpc) is 3.16. The Morgan fingerprint density at radius 3 is 2.50 bits per heavy atom. The monoisotopic (exact) mass is 451 g/mol. The first-order valence-corrected chi connectivity index (χ1v) is 12.1. The van der Waals surface area contributed by atoms with Crippen LogP contribution in [0.5, 0.6) is 0 Å². The van der Waals surface area contributed by atoms with E-state index in [9.17, 15) is 4.79 Å². The number of nitrogens with one attached hydrogen (secondary N) is 1. The summed E-state index contributed by atoms with van der Waals surface area (Å²) in [4.78, 5) is 14.9. The number of amides is 1. The van der Waals surface area contributed by atoms with Crippen LogP contribution in [-0.4, -0.2) is 45.4 Å². The van der Waals surface area contributed by atoms with Gasteiger partial charge in [0, 0.05) is 5.69 Å². The highest BCUT2D eigenvalue weighted by atomic mass is 32.2. The quantitative estimate of drug-likeness (QED) is 0.442. The topological polar surface area (TPSA) is 63.1 Å². The first kappa shape index (κ1) is 24.0. The molecule has 0 saturated heterocycles. The second-order valence-corrected chi connectivity index (χ2v) is 9.04. The standard InChI is InChI=1S/C25H33N5OS/c1-6-20-15-11-12-18(3)23(20)26-22(31)17-32-25-28-27-24(21(7-2)29(4)5)30(25)16-19-13-9-8-10-14-19/h8-15,21H,6-7,16-17H2,1-5H3,(H,26,31). The van der Waals surface area contributed by atoms with Crippen molar-refractivity contribution in [2.75, 3.05) is 25.2 Å². The maximum atomic E-state index is 12.8. The molecule has 0 bridgehead atoms. The number of benzene rings is 2. The summed E-state index contributed by atoms with van der Waals surface area (Å²) in [6.45, 7) is 6.95. The Kier molecular flexibility index (Phi) is 8.47.